The van der Waals surface area contributed by atoms with Gasteiger partial charge in [-0.2, -0.15) is 0 Å². The van der Waals surface area contributed by atoms with Gasteiger partial charge in [0.1, 0.15) is 5.82 Å². The Bertz CT molecular complexity index is 548. The van der Waals surface area contributed by atoms with Gasteiger partial charge in [-0.1, -0.05) is 26.7 Å². The summed E-state index contributed by atoms with van der Waals surface area (Å²) in [5, 5.41) is 11.7. The van der Waals surface area contributed by atoms with E-state index >= 15 is 0 Å². The lowest BCUT2D eigenvalue weighted by Crippen LogP contribution is -2.12. The van der Waals surface area contributed by atoms with Crippen molar-refractivity contribution in [2.75, 3.05) is 5.73 Å². The van der Waals surface area contributed by atoms with Crippen molar-refractivity contribution in [2.45, 2.75) is 33.2 Å². The molecule has 0 fully saturated rings. The number of halogens is 1. The quantitative estimate of drug-likeness (QED) is 0.841. The zero-order valence-corrected chi connectivity index (χ0v) is 11.2. The van der Waals surface area contributed by atoms with Crippen molar-refractivity contribution >= 4 is 5.69 Å². The Kier molecular flexibility index (Phi) is 4.09. The van der Waals surface area contributed by atoms with Crippen LogP contribution in [0.1, 0.15) is 26.7 Å². The molecular weight excluding hydrogens is 245 g/mol. The van der Waals surface area contributed by atoms with Gasteiger partial charge >= 0.3 is 0 Å². The van der Waals surface area contributed by atoms with Crippen LogP contribution in [0.4, 0.5) is 10.1 Å². The first-order valence-corrected chi connectivity index (χ1v) is 6.47. The summed E-state index contributed by atoms with van der Waals surface area (Å²) in [6, 6.07) is 4.26. The molecule has 0 saturated heterocycles. The average Bonchev–Trinajstić information content (AvgIpc) is 2.84. The predicted molar refractivity (Wildman–Crippen MR) is 71.7 cm³/mol. The van der Waals surface area contributed by atoms with Crippen LogP contribution in [0.2, 0.25) is 0 Å². The van der Waals surface area contributed by atoms with Crippen molar-refractivity contribution in [3.8, 4) is 11.4 Å². The molecule has 5 nitrogen and oxygen atoms in total. The minimum Gasteiger partial charge on any atom is -0.398 e. The van der Waals surface area contributed by atoms with Crippen molar-refractivity contribution in [1.82, 2.24) is 20.2 Å². The van der Waals surface area contributed by atoms with Crippen LogP contribution < -0.4 is 5.73 Å². The molecule has 6 heteroatoms. The van der Waals surface area contributed by atoms with Gasteiger partial charge in [-0.15, -0.1) is 5.10 Å². The number of nitrogens with zero attached hydrogens (tertiary/aromatic N) is 4. The second-order valence-electron chi connectivity index (χ2n) is 4.60. The highest BCUT2D eigenvalue weighted by Crippen LogP contribution is 2.25. The number of rotatable bonds is 5. The number of aromatic nitrogens is 4. The van der Waals surface area contributed by atoms with Gasteiger partial charge in [0.15, 0.2) is 5.82 Å². The highest BCUT2D eigenvalue weighted by atomic mass is 19.1. The summed E-state index contributed by atoms with van der Waals surface area (Å²) in [6.07, 6.45) is 2.13. The van der Waals surface area contributed by atoms with Gasteiger partial charge in [0.2, 0.25) is 0 Å². The third-order valence-corrected chi connectivity index (χ3v) is 3.37. The zero-order chi connectivity index (χ0) is 13.8. The summed E-state index contributed by atoms with van der Waals surface area (Å²) in [4.78, 5) is 0. The van der Waals surface area contributed by atoms with Gasteiger partial charge in [-0.25, -0.2) is 9.07 Å². The van der Waals surface area contributed by atoms with E-state index in [2.05, 4.69) is 29.4 Å². The van der Waals surface area contributed by atoms with Crippen molar-refractivity contribution < 1.29 is 4.39 Å². The molecule has 1 aromatic heterocycles. The molecule has 1 heterocycles. The van der Waals surface area contributed by atoms with E-state index in [1.54, 1.807) is 10.7 Å². The molecule has 0 amide bonds. The van der Waals surface area contributed by atoms with Crippen molar-refractivity contribution in [3.63, 3.8) is 0 Å². The maximum absolute atomic E-state index is 13.1. The van der Waals surface area contributed by atoms with Crippen LogP contribution in [0.3, 0.4) is 0 Å². The Morgan fingerprint density at radius 2 is 2.05 bits per heavy atom. The summed E-state index contributed by atoms with van der Waals surface area (Å²) in [6.45, 7) is 5.03. The molecule has 102 valence electrons. The van der Waals surface area contributed by atoms with Crippen LogP contribution in [0.15, 0.2) is 18.2 Å². The standard InChI is InChI=1S/C13H18FN5/c1-3-9(4-2)8-19-13(16-17-18-19)11-6-5-10(14)7-12(11)15/h5-7,9H,3-4,8,15H2,1-2H3. The summed E-state index contributed by atoms with van der Waals surface area (Å²) in [5.41, 5.74) is 6.84. The van der Waals surface area contributed by atoms with Gasteiger partial charge < -0.3 is 5.73 Å². The molecule has 0 spiro atoms. The van der Waals surface area contributed by atoms with E-state index in [9.17, 15) is 4.39 Å². The van der Waals surface area contributed by atoms with E-state index in [1.807, 2.05) is 0 Å². The van der Waals surface area contributed by atoms with E-state index in [0.29, 0.717) is 23.0 Å². The van der Waals surface area contributed by atoms with E-state index in [0.717, 1.165) is 19.4 Å². The van der Waals surface area contributed by atoms with Crippen LogP contribution in [-0.4, -0.2) is 20.2 Å². The van der Waals surface area contributed by atoms with Gasteiger partial charge in [-0.3, -0.25) is 0 Å². The van der Waals surface area contributed by atoms with Crippen LogP contribution in [-0.2, 0) is 6.54 Å². The molecule has 2 N–H and O–H groups in total. The lowest BCUT2D eigenvalue weighted by molar-refractivity contribution is 0.392. The summed E-state index contributed by atoms with van der Waals surface area (Å²) in [5.74, 6) is 0.744. The van der Waals surface area contributed by atoms with Gasteiger partial charge in [-0.05, 0) is 34.5 Å². The number of tetrazole rings is 1. The van der Waals surface area contributed by atoms with E-state index in [4.69, 9.17) is 5.73 Å². The van der Waals surface area contributed by atoms with Crippen LogP contribution in [0.5, 0.6) is 0 Å². The normalized spacial score (nSPS) is 11.2. The van der Waals surface area contributed by atoms with Crippen LogP contribution >= 0.6 is 0 Å². The topological polar surface area (TPSA) is 69.6 Å². The monoisotopic (exact) mass is 263 g/mol. The van der Waals surface area contributed by atoms with E-state index in [1.165, 1.54) is 12.1 Å². The van der Waals surface area contributed by atoms with Crippen molar-refractivity contribution in [3.05, 3.63) is 24.0 Å². The first-order chi connectivity index (χ1) is 9.15. The fraction of sp³-hybridized carbons (Fsp3) is 0.462. The average molecular weight is 263 g/mol. The molecule has 2 aromatic rings. The second kappa shape index (κ2) is 5.77. The van der Waals surface area contributed by atoms with Gasteiger partial charge in [0.05, 0.1) is 0 Å². The SMILES string of the molecule is CCC(CC)Cn1nnnc1-c1ccc(F)cc1N. The predicted octanol–water partition coefficient (Wildman–Crippen LogP) is 2.50. The molecule has 0 aliphatic carbocycles. The van der Waals surface area contributed by atoms with Crippen LogP contribution in [0.25, 0.3) is 11.4 Å². The highest BCUT2D eigenvalue weighted by Gasteiger charge is 2.15. The fourth-order valence-corrected chi connectivity index (χ4v) is 2.05. The molecular formula is C13H18FN5. The summed E-state index contributed by atoms with van der Waals surface area (Å²) in [7, 11) is 0. The Morgan fingerprint density at radius 3 is 2.68 bits per heavy atom. The molecule has 0 aliphatic heterocycles. The molecule has 0 unspecified atom stereocenters. The second-order valence-corrected chi connectivity index (χ2v) is 4.60. The molecule has 0 saturated carbocycles. The van der Waals surface area contributed by atoms with E-state index in [-0.39, 0.29) is 5.82 Å². The molecule has 0 aliphatic rings. The third kappa shape index (κ3) is 2.89. The zero-order valence-electron chi connectivity index (χ0n) is 11.2. The van der Waals surface area contributed by atoms with E-state index < -0.39 is 0 Å². The maximum atomic E-state index is 13.1. The number of hydrogen-bond acceptors (Lipinski definition) is 4. The minimum atomic E-state index is -0.361. The Balaban J connectivity index is 2.33. The number of anilines is 1. The number of nitrogens with two attached hydrogens (primary N) is 1. The highest BCUT2D eigenvalue weighted by molar-refractivity contribution is 5.71. The summed E-state index contributed by atoms with van der Waals surface area (Å²) < 4.78 is 14.8. The largest absolute Gasteiger partial charge is 0.398 e. The molecule has 0 bridgehead atoms. The van der Waals surface area contributed by atoms with Crippen LogP contribution in [0, 0.1) is 11.7 Å². The Morgan fingerprint density at radius 1 is 1.32 bits per heavy atom. The molecule has 0 radical (unpaired) electrons. The Hall–Kier alpha value is -1.98. The lowest BCUT2D eigenvalue weighted by Gasteiger charge is -2.13. The van der Waals surface area contributed by atoms with Crippen molar-refractivity contribution in [2.24, 2.45) is 5.92 Å². The molecule has 0 atom stereocenters. The smallest absolute Gasteiger partial charge is 0.184 e. The maximum Gasteiger partial charge on any atom is 0.184 e. The van der Waals surface area contributed by atoms with Gasteiger partial charge in [0.25, 0.3) is 0 Å². The molecule has 2 rings (SSSR count). The first-order valence-electron chi connectivity index (χ1n) is 6.47. The minimum absolute atomic E-state index is 0.348. The molecule has 1 aromatic carbocycles. The first kappa shape index (κ1) is 13.5. The third-order valence-electron chi connectivity index (χ3n) is 3.37. The van der Waals surface area contributed by atoms with Gasteiger partial charge in [0, 0.05) is 17.8 Å². The lowest BCUT2D eigenvalue weighted by atomic mass is 10.0. The van der Waals surface area contributed by atoms with Crippen molar-refractivity contribution in [1.29, 1.82) is 0 Å². The number of benzene rings is 1. The number of hydrogen-bond donors (Lipinski definition) is 1. The molecule has 19 heavy (non-hydrogen) atoms. The fourth-order valence-electron chi connectivity index (χ4n) is 2.05. The summed E-state index contributed by atoms with van der Waals surface area (Å²) >= 11 is 0. The number of nitrogen functional groups attached to an aromatic ring is 1. The Labute approximate surface area is 111 Å².